The normalized spacial score (nSPS) is 17.9. The van der Waals surface area contributed by atoms with Crippen LogP contribution in [0.25, 0.3) is 5.95 Å². The first-order valence-electron chi connectivity index (χ1n) is 6.89. The Bertz CT molecular complexity index is 567. The van der Waals surface area contributed by atoms with Gasteiger partial charge >= 0.3 is 0 Å². The van der Waals surface area contributed by atoms with E-state index >= 15 is 0 Å². The maximum atomic E-state index is 5.39. The van der Waals surface area contributed by atoms with Crippen molar-refractivity contribution in [3.63, 3.8) is 0 Å². The van der Waals surface area contributed by atoms with Crippen molar-refractivity contribution in [2.75, 3.05) is 30.5 Å². The fraction of sp³-hybridized carbons (Fsp3) is 0.500. The van der Waals surface area contributed by atoms with Gasteiger partial charge in [-0.2, -0.15) is 20.1 Å². The molecule has 0 spiro atoms. The van der Waals surface area contributed by atoms with Gasteiger partial charge < -0.3 is 10.1 Å². The summed E-state index contributed by atoms with van der Waals surface area (Å²) in [5.74, 6) is 7.18. The predicted molar refractivity (Wildman–Crippen MR) is 76.8 cm³/mol. The molecule has 112 valence electrons. The van der Waals surface area contributed by atoms with Crippen LogP contribution in [0.4, 0.5) is 11.9 Å². The Labute approximate surface area is 121 Å². The second-order valence-corrected chi connectivity index (χ2v) is 4.82. The van der Waals surface area contributed by atoms with Crippen molar-refractivity contribution in [2.24, 2.45) is 11.8 Å². The topological polar surface area (TPSA) is 116 Å². The Morgan fingerprint density at radius 3 is 2.95 bits per heavy atom. The molecule has 3 heterocycles. The van der Waals surface area contributed by atoms with Crippen LogP contribution in [-0.2, 0) is 4.74 Å². The van der Waals surface area contributed by atoms with Gasteiger partial charge in [0.05, 0.1) is 0 Å². The summed E-state index contributed by atoms with van der Waals surface area (Å²) in [7, 11) is 0. The van der Waals surface area contributed by atoms with Gasteiger partial charge in [0.25, 0.3) is 5.95 Å². The number of nitrogens with two attached hydrogens (primary N) is 1. The lowest BCUT2D eigenvalue weighted by Crippen LogP contribution is -2.17. The van der Waals surface area contributed by atoms with Crippen LogP contribution in [0.3, 0.4) is 0 Å². The molecule has 2 aromatic rings. The lowest BCUT2D eigenvalue weighted by atomic mass is 10.1. The molecule has 21 heavy (non-hydrogen) atoms. The molecule has 9 nitrogen and oxygen atoms in total. The van der Waals surface area contributed by atoms with Crippen LogP contribution >= 0.6 is 0 Å². The highest BCUT2D eigenvalue weighted by Crippen LogP contribution is 2.16. The third kappa shape index (κ3) is 3.44. The van der Waals surface area contributed by atoms with Crippen LogP contribution in [0, 0.1) is 5.92 Å². The summed E-state index contributed by atoms with van der Waals surface area (Å²) in [6.07, 6.45) is 5.56. The zero-order valence-corrected chi connectivity index (χ0v) is 11.6. The van der Waals surface area contributed by atoms with E-state index in [1.165, 1.54) is 0 Å². The molecular weight excluding hydrogens is 272 g/mol. The van der Waals surface area contributed by atoms with Gasteiger partial charge in [0.1, 0.15) is 0 Å². The highest BCUT2D eigenvalue weighted by molar-refractivity contribution is 5.36. The number of hydrazine groups is 1. The number of rotatable bonds is 6. The number of hydrogen-bond acceptors (Lipinski definition) is 8. The van der Waals surface area contributed by atoms with Gasteiger partial charge in [0.15, 0.2) is 0 Å². The van der Waals surface area contributed by atoms with E-state index in [4.69, 9.17) is 10.6 Å². The zero-order valence-electron chi connectivity index (χ0n) is 11.6. The van der Waals surface area contributed by atoms with Crippen LogP contribution in [0.15, 0.2) is 18.5 Å². The smallest absolute Gasteiger partial charge is 0.257 e. The maximum absolute atomic E-state index is 5.39. The Balaban J connectivity index is 1.67. The SMILES string of the molecule is NNc1nc(NCCC2CCOC2)nc(-n2cccn2)n1. The highest BCUT2D eigenvalue weighted by atomic mass is 16.5. The maximum Gasteiger partial charge on any atom is 0.257 e. The number of anilines is 2. The van der Waals surface area contributed by atoms with Crippen LogP contribution in [0.5, 0.6) is 0 Å². The van der Waals surface area contributed by atoms with Crippen molar-refractivity contribution in [1.29, 1.82) is 0 Å². The molecule has 1 saturated heterocycles. The van der Waals surface area contributed by atoms with E-state index in [0.29, 0.717) is 23.8 Å². The molecule has 9 heteroatoms. The fourth-order valence-corrected chi connectivity index (χ4v) is 2.20. The van der Waals surface area contributed by atoms with E-state index in [0.717, 1.165) is 32.6 Å². The average Bonchev–Trinajstić information content (AvgIpc) is 3.20. The minimum absolute atomic E-state index is 0.294. The van der Waals surface area contributed by atoms with E-state index in [1.54, 1.807) is 23.1 Å². The Morgan fingerprint density at radius 1 is 1.33 bits per heavy atom. The van der Waals surface area contributed by atoms with Crippen LogP contribution in [0.2, 0.25) is 0 Å². The number of nitrogens with zero attached hydrogens (tertiary/aromatic N) is 5. The first kappa shape index (κ1) is 13.7. The van der Waals surface area contributed by atoms with Crippen molar-refractivity contribution >= 4 is 11.9 Å². The zero-order chi connectivity index (χ0) is 14.5. The number of nitrogens with one attached hydrogen (secondary N) is 2. The molecule has 0 aliphatic carbocycles. The minimum Gasteiger partial charge on any atom is -0.381 e. The fourth-order valence-electron chi connectivity index (χ4n) is 2.20. The van der Waals surface area contributed by atoms with Crippen LogP contribution in [-0.4, -0.2) is 44.5 Å². The van der Waals surface area contributed by atoms with Gasteiger partial charge in [0.2, 0.25) is 11.9 Å². The molecule has 1 atom stereocenters. The summed E-state index contributed by atoms with van der Waals surface area (Å²) in [6, 6.07) is 1.80. The standard InChI is InChI=1S/C12H18N8O/c13-19-11-16-10(14-5-2-9-3-7-21-8-9)17-12(18-11)20-6-1-4-15-20/h1,4,6,9H,2-3,5,7-8,13H2,(H2,14,16,17,18,19). The molecule has 0 saturated carbocycles. The third-order valence-electron chi connectivity index (χ3n) is 3.32. The van der Waals surface area contributed by atoms with E-state index in [1.807, 2.05) is 0 Å². The second kappa shape index (κ2) is 6.46. The first-order chi connectivity index (χ1) is 10.3. The van der Waals surface area contributed by atoms with Crippen molar-refractivity contribution < 1.29 is 4.74 Å². The van der Waals surface area contributed by atoms with Crippen LogP contribution < -0.4 is 16.6 Å². The minimum atomic E-state index is 0.294. The molecular formula is C12H18N8O. The van der Waals surface area contributed by atoms with Gasteiger partial charge in [-0.3, -0.25) is 5.43 Å². The molecule has 1 fully saturated rings. The summed E-state index contributed by atoms with van der Waals surface area (Å²) in [4.78, 5) is 12.7. The molecule has 0 radical (unpaired) electrons. The number of nitrogen functional groups attached to an aromatic ring is 1. The monoisotopic (exact) mass is 290 g/mol. The summed E-state index contributed by atoms with van der Waals surface area (Å²) >= 11 is 0. The highest BCUT2D eigenvalue weighted by Gasteiger charge is 2.15. The first-order valence-corrected chi connectivity index (χ1v) is 6.89. The summed E-state index contributed by atoms with van der Waals surface area (Å²) in [5.41, 5.74) is 2.44. The van der Waals surface area contributed by atoms with E-state index in [-0.39, 0.29) is 0 Å². The summed E-state index contributed by atoms with van der Waals surface area (Å²) < 4.78 is 6.91. The molecule has 0 aromatic carbocycles. The van der Waals surface area contributed by atoms with E-state index in [2.05, 4.69) is 30.8 Å². The van der Waals surface area contributed by atoms with Crippen molar-refractivity contribution in [1.82, 2.24) is 24.7 Å². The van der Waals surface area contributed by atoms with Crippen LogP contribution in [0.1, 0.15) is 12.8 Å². The number of hydrogen-bond donors (Lipinski definition) is 3. The van der Waals surface area contributed by atoms with E-state index in [9.17, 15) is 0 Å². The molecule has 4 N–H and O–H groups in total. The van der Waals surface area contributed by atoms with Gasteiger partial charge in [-0.15, -0.1) is 0 Å². The molecule has 2 aromatic heterocycles. The van der Waals surface area contributed by atoms with Gasteiger partial charge in [-0.05, 0) is 24.8 Å². The second-order valence-electron chi connectivity index (χ2n) is 4.82. The number of ether oxygens (including phenoxy) is 1. The molecule has 0 amide bonds. The third-order valence-corrected chi connectivity index (χ3v) is 3.32. The van der Waals surface area contributed by atoms with Crippen molar-refractivity contribution in [2.45, 2.75) is 12.8 Å². The summed E-state index contributed by atoms with van der Waals surface area (Å²) in [5, 5.41) is 7.29. The van der Waals surface area contributed by atoms with Gasteiger partial charge in [0, 0.05) is 32.2 Å². The van der Waals surface area contributed by atoms with Crippen molar-refractivity contribution in [3.05, 3.63) is 18.5 Å². The quantitative estimate of drug-likeness (QED) is 0.509. The lowest BCUT2D eigenvalue weighted by molar-refractivity contribution is 0.185. The lowest BCUT2D eigenvalue weighted by Gasteiger charge is -2.10. The molecule has 1 aliphatic rings. The van der Waals surface area contributed by atoms with E-state index < -0.39 is 0 Å². The largest absolute Gasteiger partial charge is 0.381 e. The average molecular weight is 290 g/mol. The number of aromatic nitrogens is 5. The predicted octanol–water partition coefficient (Wildman–Crippen LogP) is 0.181. The van der Waals surface area contributed by atoms with Crippen molar-refractivity contribution in [3.8, 4) is 5.95 Å². The summed E-state index contributed by atoms with van der Waals surface area (Å²) in [6.45, 7) is 2.48. The van der Waals surface area contributed by atoms with Gasteiger partial charge in [-0.1, -0.05) is 0 Å². The molecule has 1 aliphatic heterocycles. The Hall–Kier alpha value is -2.26. The Morgan fingerprint density at radius 2 is 2.24 bits per heavy atom. The van der Waals surface area contributed by atoms with Gasteiger partial charge in [-0.25, -0.2) is 10.5 Å². The molecule has 1 unspecified atom stereocenters. The molecule has 3 rings (SSSR count). The molecule has 0 bridgehead atoms. The Kier molecular flexibility index (Phi) is 4.22.